The molecule has 0 aliphatic rings. The number of benzene rings is 1. The van der Waals surface area contributed by atoms with Crippen LogP contribution in [0, 0.1) is 0 Å². The van der Waals surface area contributed by atoms with Gasteiger partial charge in [-0.3, -0.25) is 9.11 Å². The largest absolute Gasteiger partial charge is 0.412 e. The fourth-order valence-electron chi connectivity index (χ4n) is 0.876. The minimum atomic E-state index is -4.66. The molecule has 1 aromatic carbocycles. The summed E-state index contributed by atoms with van der Waals surface area (Å²) in [5, 5.41) is 0. The molecule has 1 rings (SSSR count). The van der Waals surface area contributed by atoms with Gasteiger partial charge in [-0.2, -0.15) is 16.8 Å². The van der Waals surface area contributed by atoms with E-state index in [4.69, 9.17) is 9.11 Å². The van der Waals surface area contributed by atoms with Gasteiger partial charge in [0.15, 0.2) is 0 Å². The Morgan fingerprint density at radius 2 is 1.06 bits per heavy atom. The molecule has 0 bridgehead atoms. The maximum Gasteiger partial charge on any atom is 0.295 e. The van der Waals surface area contributed by atoms with Gasteiger partial charge in [0.25, 0.3) is 20.2 Å². The van der Waals surface area contributed by atoms with Gasteiger partial charge in [-0.1, -0.05) is 26.0 Å². The quantitative estimate of drug-likeness (QED) is 0.753. The zero-order valence-electron chi connectivity index (χ0n) is 9.15. The Morgan fingerprint density at radius 3 is 1.24 bits per heavy atom. The fourth-order valence-corrected chi connectivity index (χ4v) is 2.65. The molecule has 0 unspecified atom stereocenters. The van der Waals surface area contributed by atoms with E-state index in [0.717, 1.165) is 12.1 Å². The second-order valence-electron chi connectivity index (χ2n) is 2.40. The molecule has 0 fully saturated rings. The van der Waals surface area contributed by atoms with Crippen LogP contribution in [-0.4, -0.2) is 31.4 Å². The third kappa shape index (κ3) is 5.24. The predicted octanol–water partition coefficient (Wildman–Crippen LogP) is 0.382. The highest BCUT2D eigenvalue weighted by atomic mass is 32.2. The van der Waals surface area contributed by atoms with Crippen molar-refractivity contribution in [3.63, 3.8) is 0 Å². The molecule has 4 N–H and O–H groups in total. The third-order valence-corrected chi connectivity index (χ3v) is 3.36. The van der Waals surface area contributed by atoms with E-state index in [-0.39, 0.29) is 5.48 Å². The summed E-state index contributed by atoms with van der Waals surface area (Å²) in [7, 11) is -9.31. The maximum atomic E-state index is 10.7. The molecule has 7 nitrogen and oxygen atoms in total. The van der Waals surface area contributed by atoms with Crippen LogP contribution >= 0.6 is 0 Å². The lowest BCUT2D eigenvalue weighted by Gasteiger charge is -2.02. The Bertz CT molecular complexity index is 494. The molecule has 0 amide bonds. The standard InChI is InChI=1S/C6H6O6S2.C2H6.H2O/c7-13(8,9)5-3-1-2-4-6(5)14(10,11)12;1-2;/h1-4H,(H,7,8,9)(H,10,11,12);1-2H3;1H2. The van der Waals surface area contributed by atoms with E-state index < -0.39 is 30.0 Å². The van der Waals surface area contributed by atoms with Gasteiger partial charge in [0.2, 0.25) is 0 Å². The maximum absolute atomic E-state index is 10.7. The zero-order chi connectivity index (χ0) is 13.0. The molecule has 0 saturated heterocycles. The Kier molecular flexibility index (Phi) is 7.20. The normalized spacial score (nSPS) is 10.8. The number of hydrogen-bond acceptors (Lipinski definition) is 4. The molecule has 0 atom stereocenters. The summed E-state index contributed by atoms with van der Waals surface area (Å²) in [5.41, 5.74) is 0. The predicted molar refractivity (Wildman–Crippen MR) is 61.0 cm³/mol. The highest BCUT2D eigenvalue weighted by molar-refractivity contribution is 7.89. The van der Waals surface area contributed by atoms with Crippen LogP contribution in [0.5, 0.6) is 0 Å². The van der Waals surface area contributed by atoms with Gasteiger partial charge in [-0.15, -0.1) is 0 Å². The van der Waals surface area contributed by atoms with Crippen molar-refractivity contribution in [3.05, 3.63) is 24.3 Å². The molecule has 100 valence electrons. The van der Waals surface area contributed by atoms with E-state index in [1.54, 1.807) is 0 Å². The van der Waals surface area contributed by atoms with Crippen LogP contribution in [0.1, 0.15) is 13.8 Å². The summed E-state index contributed by atoms with van der Waals surface area (Å²) in [6, 6.07) is 4.19. The van der Waals surface area contributed by atoms with E-state index in [0.29, 0.717) is 0 Å². The topological polar surface area (TPSA) is 140 Å². The van der Waals surface area contributed by atoms with Crippen molar-refractivity contribution < 1.29 is 31.4 Å². The first-order valence-electron chi connectivity index (χ1n) is 4.27. The molecule has 0 aliphatic heterocycles. The number of hydrogen-bond donors (Lipinski definition) is 2. The average molecular weight is 286 g/mol. The van der Waals surface area contributed by atoms with E-state index in [1.807, 2.05) is 13.8 Å². The fraction of sp³-hybridized carbons (Fsp3) is 0.250. The van der Waals surface area contributed by atoms with Crippen LogP contribution in [0.25, 0.3) is 0 Å². The monoisotopic (exact) mass is 286 g/mol. The first-order chi connectivity index (χ1) is 7.23. The molecule has 0 heterocycles. The van der Waals surface area contributed by atoms with Crippen molar-refractivity contribution in [1.82, 2.24) is 0 Å². The van der Waals surface area contributed by atoms with Crippen LogP contribution in [0.4, 0.5) is 0 Å². The summed E-state index contributed by atoms with van der Waals surface area (Å²) in [4.78, 5) is -1.69. The Balaban J connectivity index is 0. The molecule has 1 aromatic rings. The molecule has 9 heteroatoms. The lowest BCUT2D eigenvalue weighted by molar-refractivity contribution is 0.466. The summed E-state index contributed by atoms with van der Waals surface area (Å²) in [6.45, 7) is 4.00. The van der Waals surface area contributed by atoms with Crippen LogP contribution in [0.3, 0.4) is 0 Å². The lowest BCUT2D eigenvalue weighted by atomic mass is 10.4. The highest BCUT2D eigenvalue weighted by Gasteiger charge is 2.22. The molecule has 0 spiro atoms. The molecule has 17 heavy (non-hydrogen) atoms. The van der Waals surface area contributed by atoms with Crippen molar-refractivity contribution in [2.45, 2.75) is 23.6 Å². The van der Waals surface area contributed by atoms with Crippen molar-refractivity contribution in [2.75, 3.05) is 0 Å². The molecule has 0 aliphatic carbocycles. The van der Waals surface area contributed by atoms with E-state index in [9.17, 15) is 16.8 Å². The van der Waals surface area contributed by atoms with Crippen LogP contribution in [0.15, 0.2) is 34.1 Å². The highest BCUT2D eigenvalue weighted by Crippen LogP contribution is 2.19. The molecular formula is C8H14O7S2. The van der Waals surface area contributed by atoms with Crippen LogP contribution in [-0.2, 0) is 20.2 Å². The summed E-state index contributed by atoms with van der Waals surface area (Å²) in [5.74, 6) is 0. The third-order valence-electron chi connectivity index (χ3n) is 1.40. The first kappa shape index (κ1) is 18.4. The van der Waals surface area contributed by atoms with Crippen molar-refractivity contribution in [2.24, 2.45) is 0 Å². The van der Waals surface area contributed by atoms with E-state index >= 15 is 0 Å². The summed E-state index contributed by atoms with van der Waals surface area (Å²) in [6.07, 6.45) is 0. The second kappa shape index (κ2) is 6.67. The smallest absolute Gasteiger partial charge is 0.295 e. The lowest BCUT2D eigenvalue weighted by Crippen LogP contribution is -2.07. The van der Waals surface area contributed by atoms with Crippen molar-refractivity contribution in [1.29, 1.82) is 0 Å². The van der Waals surface area contributed by atoms with Crippen molar-refractivity contribution >= 4 is 20.2 Å². The Hall–Kier alpha value is -1.00. The molecule has 0 saturated carbocycles. The van der Waals surface area contributed by atoms with E-state index in [1.165, 1.54) is 12.1 Å². The minimum Gasteiger partial charge on any atom is -0.412 e. The van der Waals surface area contributed by atoms with Crippen molar-refractivity contribution in [3.8, 4) is 0 Å². The van der Waals surface area contributed by atoms with E-state index in [2.05, 4.69) is 0 Å². The zero-order valence-corrected chi connectivity index (χ0v) is 10.8. The van der Waals surface area contributed by atoms with Gasteiger partial charge in [-0.05, 0) is 12.1 Å². The molecule has 0 radical (unpaired) electrons. The second-order valence-corrected chi connectivity index (χ2v) is 5.18. The van der Waals surface area contributed by atoms with Gasteiger partial charge in [-0.25, -0.2) is 0 Å². The molecular weight excluding hydrogens is 272 g/mol. The summed E-state index contributed by atoms with van der Waals surface area (Å²) >= 11 is 0. The summed E-state index contributed by atoms with van der Waals surface area (Å²) < 4.78 is 60.0. The van der Waals surface area contributed by atoms with Gasteiger partial charge >= 0.3 is 0 Å². The van der Waals surface area contributed by atoms with Gasteiger partial charge < -0.3 is 5.48 Å². The Labute approximate surface area is 99.9 Å². The first-order valence-corrected chi connectivity index (χ1v) is 7.15. The number of rotatable bonds is 2. The van der Waals surface area contributed by atoms with Crippen LogP contribution in [0.2, 0.25) is 0 Å². The minimum absolute atomic E-state index is 0. The van der Waals surface area contributed by atoms with Gasteiger partial charge in [0.05, 0.1) is 0 Å². The van der Waals surface area contributed by atoms with Gasteiger partial charge in [0.1, 0.15) is 9.79 Å². The Morgan fingerprint density at radius 1 is 0.824 bits per heavy atom. The van der Waals surface area contributed by atoms with Crippen LogP contribution < -0.4 is 0 Å². The SMILES string of the molecule is CC.O.O=S(=O)(O)c1ccccc1S(=O)(=O)O. The van der Waals surface area contributed by atoms with Gasteiger partial charge in [0, 0.05) is 0 Å². The molecule has 0 aromatic heterocycles. The average Bonchev–Trinajstić information content (AvgIpc) is 2.18.